The standard InChI is InChI=1S/C20H24N2O4S/c23-20(21-12-11-18-9-5-13-26-18)17-8-4-10-19(14-17)27(24,25)22-15-16-6-2-1-3-7-16/h1-4,6-8,10,14,18,22H,5,9,11-13,15H2,(H,21,23). The van der Waals surface area contributed by atoms with Crippen LogP contribution in [0.3, 0.4) is 0 Å². The van der Waals surface area contributed by atoms with Gasteiger partial charge in [0, 0.05) is 25.3 Å². The van der Waals surface area contributed by atoms with Crippen LogP contribution in [0.1, 0.15) is 35.2 Å². The van der Waals surface area contributed by atoms with Crippen molar-refractivity contribution in [1.82, 2.24) is 10.0 Å². The number of benzene rings is 2. The lowest BCUT2D eigenvalue weighted by Gasteiger charge is -2.11. The first-order chi connectivity index (χ1) is 13.0. The van der Waals surface area contributed by atoms with Gasteiger partial charge < -0.3 is 10.1 Å². The molecular weight excluding hydrogens is 364 g/mol. The summed E-state index contributed by atoms with van der Waals surface area (Å²) in [6.07, 6.45) is 3.06. The number of carbonyl (C=O) groups excluding carboxylic acids is 1. The van der Waals surface area contributed by atoms with Gasteiger partial charge in [0.1, 0.15) is 0 Å². The lowest BCUT2D eigenvalue weighted by molar-refractivity contribution is 0.0907. The van der Waals surface area contributed by atoms with Crippen molar-refractivity contribution in [3.05, 3.63) is 65.7 Å². The maximum atomic E-state index is 12.5. The Labute approximate surface area is 160 Å². The van der Waals surface area contributed by atoms with Crippen molar-refractivity contribution in [3.63, 3.8) is 0 Å². The molecular formula is C20H24N2O4S. The maximum Gasteiger partial charge on any atom is 0.251 e. The predicted octanol–water partition coefficient (Wildman–Crippen LogP) is 2.46. The minimum Gasteiger partial charge on any atom is -0.378 e. The van der Waals surface area contributed by atoms with Gasteiger partial charge in [0.15, 0.2) is 0 Å². The van der Waals surface area contributed by atoms with E-state index in [0.717, 1.165) is 31.4 Å². The average molecular weight is 388 g/mol. The van der Waals surface area contributed by atoms with E-state index in [9.17, 15) is 13.2 Å². The second-order valence-corrected chi connectivity index (χ2v) is 8.28. The van der Waals surface area contributed by atoms with Gasteiger partial charge in [-0.2, -0.15) is 0 Å². The molecule has 1 saturated heterocycles. The Kier molecular flexibility index (Phi) is 6.60. The zero-order valence-corrected chi connectivity index (χ0v) is 15.9. The van der Waals surface area contributed by atoms with Crippen molar-refractivity contribution in [2.24, 2.45) is 0 Å². The number of hydrogen-bond donors (Lipinski definition) is 2. The average Bonchev–Trinajstić information content (AvgIpc) is 3.21. The number of ether oxygens (including phenoxy) is 1. The number of sulfonamides is 1. The van der Waals surface area contributed by atoms with E-state index in [1.807, 2.05) is 30.3 Å². The highest BCUT2D eigenvalue weighted by atomic mass is 32.2. The molecule has 6 nitrogen and oxygen atoms in total. The second kappa shape index (κ2) is 9.12. The number of rotatable bonds is 8. The van der Waals surface area contributed by atoms with E-state index >= 15 is 0 Å². The third-order valence-electron chi connectivity index (χ3n) is 4.49. The third-order valence-corrected chi connectivity index (χ3v) is 5.89. The van der Waals surface area contributed by atoms with Crippen LogP contribution in [0.4, 0.5) is 0 Å². The van der Waals surface area contributed by atoms with Crippen LogP contribution < -0.4 is 10.0 Å². The second-order valence-electron chi connectivity index (χ2n) is 6.52. The summed E-state index contributed by atoms with van der Waals surface area (Å²) in [4.78, 5) is 12.4. The molecule has 1 amide bonds. The lowest BCUT2D eigenvalue weighted by Crippen LogP contribution is -2.28. The van der Waals surface area contributed by atoms with Gasteiger partial charge in [-0.15, -0.1) is 0 Å². The van der Waals surface area contributed by atoms with Crippen molar-refractivity contribution in [3.8, 4) is 0 Å². The van der Waals surface area contributed by atoms with Crippen molar-refractivity contribution < 1.29 is 17.9 Å². The number of amides is 1. The fraction of sp³-hybridized carbons (Fsp3) is 0.350. The molecule has 0 bridgehead atoms. The van der Waals surface area contributed by atoms with E-state index in [-0.39, 0.29) is 23.5 Å². The van der Waals surface area contributed by atoms with Gasteiger partial charge in [0.05, 0.1) is 11.0 Å². The summed E-state index contributed by atoms with van der Waals surface area (Å²) in [5.41, 5.74) is 1.19. The highest BCUT2D eigenvalue weighted by molar-refractivity contribution is 7.89. The third kappa shape index (κ3) is 5.63. The molecule has 1 aliphatic heterocycles. The van der Waals surface area contributed by atoms with Gasteiger partial charge in [-0.05, 0) is 43.0 Å². The summed E-state index contributed by atoms with van der Waals surface area (Å²) < 4.78 is 33.1. The quantitative estimate of drug-likeness (QED) is 0.728. The smallest absolute Gasteiger partial charge is 0.251 e. The molecule has 144 valence electrons. The van der Waals surface area contributed by atoms with Crippen molar-refractivity contribution in [2.45, 2.75) is 36.8 Å². The molecule has 0 radical (unpaired) electrons. The van der Waals surface area contributed by atoms with E-state index < -0.39 is 10.0 Å². The van der Waals surface area contributed by atoms with Gasteiger partial charge >= 0.3 is 0 Å². The topological polar surface area (TPSA) is 84.5 Å². The van der Waals surface area contributed by atoms with Crippen LogP contribution in [0, 0.1) is 0 Å². The molecule has 0 spiro atoms. The number of hydrogen-bond acceptors (Lipinski definition) is 4. The molecule has 0 saturated carbocycles. The SMILES string of the molecule is O=C(NCCC1CCCO1)c1cccc(S(=O)(=O)NCc2ccccc2)c1. The molecule has 3 rings (SSSR count). The fourth-order valence-corrected chi connectivity index (χ4v) is 4.05. The number of nitrogens with one attached hydrogen (secondary N) is 2. The van der Waals surface area contributed by atoms with Crippen LogP contribution in [-0.2, 0) is 21.3 Å². The largest absolute Gasteiger partial charge is 0.378 e. The molecule has 1 atom stereocenters. The lowest BCUT2D eigenvalue weighted by atomic mass is 10.1. The zero-order chi connectivity index (χ0) is 19.1. The highest BCUT2D eigenvalue weighted by Gasteiger charge is 2.18. The molecule has 1 fully saturated rings. The first kappa shape index (κ1) is 19.5. The van der Waals surface area contributed by atoms with Crippen LogP contribution in [0.25, 0.3) is 0 Å². The van der Waals surface area contributed by atoms with Gasteiger partial charge in [-0.1, -0.05) is 36.4 Å². The summed E-state index contributed by atoms with van der Waals surface area (Å²) in [6.45, 7) is 1.49. The first-order valence-electron chi connectivity index (χ1n) is 9.08. The van der Waals surface area contributed by atoms with Gasteiger partial charge in [-0.3, -0.25) is 4.79 Å². The normalized spacial score (nSPS) is 17.0. The highest BCUT2D eigenvalue weighted by Crippen LogP contribution is 2.15. The molecule has 1 unspecified atom stereocenters. The van der Waals surface area contributed by atoms with Gasteiger partial charge in [0.25, 0.3) is 5.91 Å². The monoisotopic (exact) mass is 388 g/mol. The van der Waals surface area contributed by atoms with Crippen molar-refractivity contribution in [2.75, 3.05) is 13.2 Å². The summed E-state index contributed by atoms with van der Waals surface area (Å²) in [7, 11) is -3.70. The van der Waals surface area contributed by atoms with E-state index in [0.29, 0.717) is 12.1 Å². The van der Waals surface area contributed by atoms with Crippen LogP contribution in [0.15, 0.2) is 59.5 Å². The van der Waals surface area contributed by atoms with Crippen LogP contribution in [0.5, 0.6) is 0 Å². The van der Waals surface area contributed by atoms with Crippen molar-refractivity contribution >= 4 is 15.9 Å². The Morgan fingerprint density at radius 2 is 1.93 bits per heavy atom. The summed E-state index contributed by atoms with van der Waals surface area (Å²) in [5.74, 6) is -0.284. The molecule has 2 N–H and O–H groups in total. The van der Waals surface area contributed by atoms with Crippen LogP contribution in [-0.4, -0.2) is 33.6 Å². The van der Waals surface area contributed by atoms with E-state index in [1.54, 1.807) is 12.1 Å². The Bertz CT molecular complexity index is 863. The van der Waals surface area contributed by atoms with E-state index in [4.69, 9.17) is 4.74 Å². The molecule has 1 heterocycles. The Balaban J connectivity index is 1.58. The summed E-state index contributed by atoms with van der Waals surface area (Å²) >= 11 is 0. The Morgan fingerprint density at radius 1 is 1.11 bits per heavy atom. The molecule has 27 heavy (non-hydrogen) atoms. The zero-order valence-electron chi connectivity index (χ0n) is 15.1. The molecule has 7 heteroatoms. The predicted molar refractivity (Wildman–Crippen MR) is 103 cm³/mol. The summed E-state index contributed by atoms with van der Waals surface area (Å²) in [6, 6.07) is 15.3. The Hall–Kier alpha value is -2.22. The number of carbonyl (C=O) groups is 1. The molecule has 1 aliphatic rings. The van der Waals surface area contributed by atoms with Gasteiger partial charge in [-0.25, -0.2) is 13.1 Å². The minimum absolute atomic E-state index is 0.0743. The molecule has 2 aromatic rings. The summed E-state index contributed by atoms with van der Waals surface area (Å²) in [5, 5.41) is 2.83. The minimum atomic E-state index is -3.70. The Morgan fingerprint density at radius 3 is 2.67 bits per heavy atom. The van der Waals surface area contributed by atoms with Crippen LogP contribution >= 0.6 is 0 Å². The maximum absolute atomic E-state index is 12.5. The van der Waals surface area contributed by atoms with Crippen molar-refractivity contribution in [1.29, 1.82) is 0 Å². The molecule has 0 aliphatic carbocycles. The van der Waals surface area contributed by atoms with E-state index in [1.165, 1.54) is 12.1 Å². The van der Waals surface area contributed by atoms with Crippen LogP contribution in [0.2, 0.25) is 0 Å². The molecule has 0 aromatic heterocycles. The first-order valence-corrected chi connectivity index (χ1v) is 10.6. The molecule has 2 aromatic carbocycles. The van der Waals surface area contributed by atoms with E-state index in [2.05, 4.69) is 10.0 Å². The van der Waals surface area contributed by atoms with Gasteiger partial charge in [0.2, 0.25) is 10.0 Å². The fourth-order valence-electron chi connectivity index (χ4n) is 2.98.